The molecule has 1 aromatic rings. The summed E-state index contributed by atoms with van der Waals surface area (Å²) in [7, 11) is 1.46. The molecule has 1 heterocycles. The standard InChI is InChI=1S/C14H19N2O7/c1-16-10-12(19)11(18)9(23-14(10)21)5-22-13(20)7-4-6(15)2-3-8(7)17/h2-4,9-12,14,16-19H,5,15H2,1H3/t9?,10?,11-,12+,14-/m1/s1. The summed E-state index contributed by atoms with van der Waals surface area (Å²) in [6, 6.07) is 2.91. The number of aliphatic hydroxyl groups is 2. The number of hydrogen-bond acceptors (Lipinski definition) is 8. The molecule has 1 saturated heterocycles. The molecule has 0 aromatic heterocycles. The number of phenolic OH excluding ortho intramolecular Hbond substituents is 1. The first kappa shape index (κ1) is 17.4. The third-order valence-corrected chi connectivity index (χ3v) is 3.65. The maximum absolute atomic E-state index is 11.9. The van der Waals surface area contributed by atoms with Crippen LogP contribution in [0.4, 0.5) is 5.69 Å². The molecule has 1 radical (unpaired) electrons. The summed E-state index contributed by atoms with van der Waals surface area (Å²) >= 11 is 0. The molecule has 2 unspecified atom stereocenters. The summed E-state index contributed by atoms with van der Waals surface area (Å²) < 4.78 is 9.95. The van der Waals surface area contributed by atoms with E-state index in [2.05, 4.69) is 5.32 Å². The van der Waals surface area contributed by atoms with Gasteiger partial charge in [-0.3, -0.25) is 0 Å². The van der Waals surface area contributed by atoms with Crippen LogP contribution in [-0.4, -0.2) is 65.6 Å². The molecule has 0 amide bonds. The van der Waals surface area contributed by atoms with Crippen LogP contribution in [0.15, 0.2) is 18.2 Å². The Bertz CT molecular complexity index is 568. The number of aromatic hydroxyl groups is 1. The topological polar surface area (TPSA) is 154 Å². The first-order valence-electron chi connectivity index (χ1n) is 6.95. The number of benzene rings is 1. The summed E-state index contributed by atoms with van der Waals surface area (Å²) in [4.78, 5) is 11.9. The van der Waals surface area contributed by atoms with Crippen molar-refractivity contribution in [3.05, 3.63) is 23.8 Å². The summed E-state index contributed by atoms with van der Waals surface area (Å²) in [5.41, 5.74) is 5.64. The summed E-state index contributed by atoms with van der Waals surface area (Å²) in [5, 5.41) is 43.7. The zero-order valence-electron chi connectivity index (χ0n) is 12.4. The second-order valence-electron chi connectivity index (χ2n) is 5.21. The van der Waals surface area contributed by atoms with Crippen LogP contribution in [0.5, 0.6) is 5.75 Å². The fraction of sp³-hybridized carbons (Fsp3) is 0.500. The minimum absolute atomic E-state index is 0.150. The summed E-state index contributed by atoms with van der Waals surface area (Å²) in [5.74, 6) is -1.20. The lowest BCUT2D eigenvalue weighted by molar-refractivity contribution is -0.272. The maximum Gasteiger partial charge on any atom is 0.342 e. The Balaban J connectivity index is 2.00. The Morgan fingerprint density at radius 3 is 2.74 bits per heavy atom. The number of anilines is 1. The Morgan fingerprint density at radius 1 is 1.39 bits per heavy atom. The molecular formula is C14H19N2O7. The molecule has 1 aromatic carbocycles. The largest absolute Gasteiger partial charge is 0.507 e. The monoisotopic (exact) mass is 327 g/mol. The van der Waals surface area contributed by atoms with Gasteiger partial charge in [-0.1, -0.05) is 0 Å². The second kappa shape index (κ2) is 7.11. The van der Waals surface area contributed by atoms with E-state index in [9.17, 15) is 25.2 Å². The van der Waals surface area contributed by atoms with Gasteiger partial charge in [0.2, 0.25) is 6.29 Å². The van der Waals surface area contributed by atoms with Gasteiger partial charge in [-0.15, -0.1) is 0 Å². The molecule has 9 nitrogen and oxygen atoms in total. The predicted molar refractivity (Wildman–Crippen MR) is 77.0 cm³/mol. The molecule has 6 N–H and O–H groups in total. The van der Waals surface area contributed by atoms with Crippen molar-refractivity contribution in [2.24, 2.45) is 0 Å². The number of esters is 1. The average Bonchev–Trinajstić information content (AvgIpc) is 2.52. The van der Waals surface area contributed by atoms with E-state index in [1.807, 2.05) is 0 Å². The zero-order chi connectivity index (χ0) is 17.1. The van der Waals surface area contributed by atoms with Crippen molar-refractivity contribution in [3.8, 4) is 5.75 Å². The Labute approximate surface area is 132 Å². The van der Waals surface area contributed by atoms with Gasteiger partial charge in [0, 0.05) is 5.69 Å². The van der Waals surface area contributed by atoms with Gasteiger partial charge in [0.25, 0.3) is 0 Å². The smallest absolute Gasteiger partial charge is 0.342 e. The van der Waals surface area contributed by atoms with E-state index in [4.69, 9.17) is 15.2 Å². The normalized spacial score (nSPS) is 30.9. The van der Waals surface area contributed by atoms with E-state index >= 15 is 0 Å². The lowest BCUT2D eigenvalue weighted by atomic mass is 9.97. The first-order valence-corrected chi connectivity index (χ1v) is 6.95. The Morgan fingerprint density at radius 2 is 2.09 bits per heavy atom. The molecule has 0 spiro atoms. The lowest BCUT2D eigenvalue weighted by Gasteiger charge is -2.39. The minimum atomic E-state index is -1.62. The van der Waals surface area contributed by atoms with Gasteiger partial charge in [0.1, 0.15) is 36.2 Å². The molecule has 1 fully saturated rings. The average molecular weight is 327 g/mol. The van der Waals surface area contributed by atoms with Crippen LogP contribution in [0.1, 0.15) is 10.4 Å². The van der Waals surface area contributed by atoms with E-state index < -0.39 is 43.2 Å². The van der Waals surface area contributed by atoms with E-state index in [-0.39, 0.29) is 17.0 Å². The number of aliphatic hydroxyl groups excluding tert-OH is 2. The number of likely N-dealkylation sites (N-methyl/N-ethyl adjacent to an activating group) is 1. The molecule has 5 atom stereocenters. The van der Waals surface area contributed by atoms with E-state index in [1.54, 1.807) is 0 Å². The van der Waals surface area contributed by atoms with Crippen LogP contribution < -0.4 is 11.1 Å². The third-order valence-electron chi connectivity index (χ3n) is 3.65. The number of carbonyl (C=O) groups excluding carboxylic acids is 1. The number of nitrogens with two attached hydrogens (primary N) is 1. The van der Waals surface area contributed by atoms with Crippen molar-refractivity contribution < 1.29 is 34.7 Å². The quantitative estimate of drug-likeness (QED) is 0.257. The highest BCUT2D eigenvalue weighted by atomic mass is 16.6. The zero-order valence-corrected chi connectivity index (χ0v) is 12.4. The summed E-state index contributed by atoms with van der Waals surface area (Å²) in [6.45, 7) is -0.458. The number of nitrogens with one attached hydrogen (secondary N) is 1. The molecule has 1 aliphatic heterocycles. The SMILES string of the molecule is CNC1[C@H]([O])OC(COC(=O)c2cc(N)ccc2O)[C@@H](O)[C@H]1O. The van der Waals surface area contributed by atoms with Crippen LogP contribution in [0.3, 0.4) is 0 Å². The molecular weight excluding hydrogens is 308 g/mol. The third kappa shape index (κ3) is 3.71. The van der Waals surface area contributed by atoms with Gasteiger partial charge < -0.3 is 35.8 Å². The fourth-order valence-corrected chi connectivity index (χ4v) is 2.33. The van der Waals surface area contributed by atoms with Gasteiger partial charge in [-0.2, -0.15) is 5.11 Å². The first-order chi connectivity index (χ1) is 10.8. The molecule has 0 saturated carbocycles. The number of ether oxygens (including phenoxy) is 2. The van der Waals surface area contributed by atoms with Gasteiger partial charge >= 0.3 is 5.97 Å². The fourth-order valence-electron chi connectivity index (χ4n) is 2.33. The maximum atomic E-state index is 11.9. The predicted octanol–water partition coefficient (Wildman–Crippen LogP) is -1.40. The van der Waals surface area contributed by atoms with Crippen LogP contribution in [0.25, 0.3) is 0 Å². The second-order valence-corrected chi connectivity index (χ2v) is 5.21. The van der Waals surface area contributed by atoms with Crippen LogP contribution in [0, 0.1) is 0 Å². The minimum Gasteiger partial charge on any atom is -0.507 e. The highest BCUT2D eigenvalue weighted by Crippen LogP contribution is 2.23. The number of carbonyl (C=O) groups is 1. The molecule has 0 aliphatic carbocycles. The molecule has 23 heavy (non-hydrogen) atoms. The number of hydrogen-bond donors (Lipinski definition) is 5. The van der Waals surface area contributed by atoms with E-state index in [1.165, 1.54) is 25.2 Å². The number of nitrogen functional groups attached to an aromatic ring is 1. The van der Waals surface area contributed by atoms with Crippen molar-refractivity contribution in [3.63, 3.8) is 0 Å². The number of phenols is 1. The summed E-state index contributed by atoms with van der Waals surface area (Å²) in [6.07, 6.45) is -5.56. The number of rotatable bonds is 4. The van der Waals surface area contributed by atoms with Crippen LogP contribution >= 0.6 is 0 Å². The van der Waals surface area contributed by atoms with Gasteiger partial charge in [-0.05, 0) is 25.2 Å². The highest BCUT2D eigenvalue weighted by molar-refractivity contribution is 5.93. The van der Waals surface area contributed by atoms with Crippen molar-refractivity contribution >= 4 is 11.7 Å². The van der Waals surface area contributed by atoms with Crippen LogP contribution in [0.2, 0.25) is 0 Å². The van der Waals surface area contributed by atoms with Crippen molar-refractivity contribution in [2.45, 2.75) is 30.6 Å². The molecule has 127 valence electrons. The molecule has 0 bridgehead atoms. The van der Waals surface area contributed by atoms with Crippen molar-refractivity contribution in [1.82, 2.24) is 5.32 Å². The van der Waals surface area contributed by atoms with Crippen LogP contribution in [-0.2, 0) is 14.6 Å². The van der Waals surface area contributed by atoms with E-state index in [0.717, 1.165) is 0 Å². The Hall–Kier alpha value is -1.91. The van der Waals surface area contributed by atoms with E-state index in [0.29, 0.717) is 0 Å². The molecule has 2 rings (SSSR count). The van der Waals surface area contributed by atoms with Crippen molar-refractivity contribution in [1.29, 1.82) is 0 Å². The lowest BCUT2D eigenvalue weighted by Crippen LogP contribution is -2.62. The van der Waals surface area contributed by atoms with Crippen molar-refractivity contribution in [2.75, 3.05) is 19.4 Å². The Kier molecular flexibility index (Phi) is 5.39. The molecule has 9 heteroatoms. The highest BCUT2D eigenvalue weighted by Gasteiger charge is 2.44. The van der Waals surface area contributed by atoms with Gasteiger partial charge in [0.15, 0.2) is 0 Å². The van der Waals surface area contributed by atoms with Gasteiger partial charge in [0.05, 0.1) is 6.04 Å². The molecule has 1 aliphatic rings. The van der Waals surface area contributed by atoms with Gasteiger partial charge in [-0.25, -0.2) is 4.79 Å².